The van der Waals surface area contributed by atoms with Crippen LogP contribution in [0.25, 0.3) is 0 Å². The lowest BCUT2D eigenvalue weighted by Gasteiger charge is -2.24. The zero-order valence-electron chi connectivity index (χ0n) is 11.5. The summed E-state index contributed by atoms with van der Waals surface area (Å²) in [6.45, 7) is 2.96. The average molecular weight is 277 g/mol. The number of nitrogens with zero attached hydrogens (tertiary/aromatic N) is 1. The normalized spacial score (nSPS) is 18.1. The molecule has 20 heavy (non-hydrogen) atoms. The number of aliphatic carboxylic acids is 1. The number of hydrogen-bond donors (Lipinski definition) is 1. The number of likely N-dealkylation sites (tertiary alicyclic amines) is 1. The first-order valence-corrected chi connectivity index (χ1v) is 6.88. The molecule has 5 heteroatoms. The van der Waals surface area contributed by atoms with Gasteiger partial charge in [0.05, 0.1) is 18.6 Å². The summed E-state index contributed by atoms with van der Waals surface area (Å²) in [5, 5.41) is 8.92. The summed E-state index contributed by atoms with van der Waals surface area (Å²) in [6.07, 6.45) is 1.60. The summed E-state index contributed by atoms with van der Waals surface area (Å²) in [6, 6.07) is 6.88. The molecule has 1 N–H and O–H groups in total. The molecule has 0 aliphatic carbocycles. The summed E-state index contributed by atoms with van der Waals surface area (Å²) >= 11 is 0. The molecule has 1 saturated heterocycles. The van der Waals surface area contributed by atoms with E-state index in [1.165, 1.54) is 0 Å². The highest BCUT2D eigenvalue weighted by Gasteiger charge is 2.32. The molecule has 0 aromatic heterocycles. The van der Waals surface area contributed by atoms with Gasteiger partial charge in [-0.1, -0.05) is 12.1 Å². The standard InChI is InChI=1S/C15H19NO4/c1-2-20-13-8-4-3-7-12(13)15(19)16-9-5-6-11(16)10-14(17)18/h3-4,7-8,11H,2,5-6,9-10H2,1H3,(H,17,18). The Morgan fingerprint density at radius 2 is 2.15 bits per heavy atom. The van der Waals surface area contributed by atoms with Crippen LogP contribution in [-0.2, 0) is 4.79 Å². The Hall–Kier alpha value is -2.04. The van der Waals surface area contributed by atoms with Crippen molar-refractivity contribution in [1.29, 1.82) is 0 Å². The number of carbonyl (C=O) groups excluding carboxylic acids is 1. The van der Waals surface area contributed by atoms with E-state index in [0.717, 1.165) is 12.8 Å². The van der Waals surface area contributed by atoms with Gasteiger partial charge >= 0.3 is 5.97 Å². The maximum atomic E-state index is 12.6. The molecule has 0 radical (unpaired) electrons. The van der Waals surface area contributed by atoms with Crippen LogP contribution >= 0.6 is 0 Å². The van der Waals surface area contributed by atoms with Gasteiger partial charge in [-0.3, -0.25) is 9.59 Å². The molecule has 1 aliphatic rings. The summed E-state index contributed by atoms with van der Waals surface area (Å²) in [7, 11) is 0. The third-order valence-corrected chi connectivity index (χ3v) is 3.47. The lowest BCUT2D eigenvalue weighted by atomic mass is 10.1. The molecule has 1 atom stereocenters. The molecule has 2 rings (SSSR count). The number of carboxylic acid groups (broad SMARTS) is 1. The SMILES string of the molecule is CCOc1ccccc1C(=O)N1CCCC1CC(=O)O. The van der Waals surface area contributed by atoms with Crippen LogP contribution in [0.5, 0.6) is 5.75 Å². The van der Waals surface area contributed by atoms with E-state index in [1.807, 2.05) is 13.0 Å². The number of carboxylic acids is 1. The van der Waals surface area contributed by atoms with E-state index in [0.29, 0.717) is 24.5 Å². The quantitative estimate of drug-likeness (QED) is 0.895. The van der Waals surface area contributed by atoms with Crippen molar-refractivity contribution in [3.8, 4) is 5.75 Å². The molecule has 0 saturated carbocycles. The first-order valence-electron chi connectivity index (χ1n) is 6.88. The minimum atomic E-state index is -0.868. The number of hydrogen-bond acceptors (Lipinski definition) is 3. The second kappa shape index (κ2) is 6.41. The van der Waals surface area contributed by atoms with Gasteiger partial charge in [-0.25, -0.2) is 0 Å². The van der Waals surface area contributed by atoms with E-state index in [4.69, 9.17) is 9.84 Å². The van der Waals surface area contributed by atoms with E-state index in [-0.39, 0.29) is 18.4 Å². The molecule has 1 amide bonds. The molecule has 1 aliphatic heterocycles. The smallest absolute Gasteiger partial charge is 0.305 e. The van der Waals surface area contributed by atoms with Gasteiger partial charge in [-0.2, -0.15) is 0 Å². The predicted molar refractivity (Wildman–Crippen MR) is 73.9 cm³/mol. The Labute approximate surface area is 118 Å². The molecule has 108 valence electrons. The lowest BCUT2D eigenvalue weighted by Crippen LogP contribution is -2.37. The van der Waals surface area contributed by atoms with Gasteiger partial charge in [0.2, 0.25) is 0 Å². The van der Waals surface area contributed by atoms with Crippen molar-refractivity contribution < 1.29 is 19.4 Å². The molecular formula is C15H19NO4. The Balaban J connectivity index is 2.20. The zero-order valence-corrected chi connectivity index (χ0v) is 11.5. The second-order valence-electron chi connectivity index (χ2n) is 4.82. The van der Waals surface area contributed by atoms with Gasteiger partial charge in [0, 0.05) is 12.6 Å². The van der Waals surface area contributed by atoms with Gasteiger partial charge in [0.15, 0.2) is 0 Å². The van der Waals surface area contributed by atoms with Gasteiger partial charge in [-0.05, 0) is 31.9 Å². The van der Waals surface area contributed by atoms with Crippen molar-refractivity contribution in [1.82, 2.24) is 4.90 Å². The fourth-order valence-corrected chi connectivity index (χ4v) is 2.60. The van der Waals surface area contributed by atoms with Crippen molar-refractivity contribution in [2.75, 3.05) is 13.2 Å². The minimum Gasteiger partial charge on any atom is -0.493 e. The highest BCUT2D eigenvalue weighted by Crippen LogP contribution is 2.26. The van der Waals surface area contributed by atoms with Crippen LogP contribution in [0.1, 0.15) is 36.5 Å². The largest absolute Gasteiger partial charge is 0.493 e. The molecule has 1 unspecified atom stereocenters. The van der Waals surface area contributed by atoms with Crippen LogP contribution in [0.3, 0.4) is 0 Å². The molecular weight excluding hydrogens is 258 g/mol. The van der Waals surface area contributed by atoms with Crippen LogP contribution in [-0.4, -0.2) is 41.1 Å². The van der Waals surface area contributed by atoms with E-state index < -0.39 is 5.97 Å². The summed E-state index contributed by atoms with van der Waals surface area (Å²) in [5.74, 6) is -0.452. The minimum absolute atomic E-state index is 0.00252. The Morgan fingerprint density at radius 3 is 2.85 bits per heavy atom. The summed E-state index contributed by atoms with van der Waals surface area (Å²) < 4.78 is 5.47. The first kappa shape index (κ1) is 14.4. The van der Waals surface area contributed by atoms with Crippen molar-refractivity contribution in [2.45, 2.75) is 32.2 Å². The summed E-state index contributed by atoms with van der Waals surface area (Å²) in [5.41, 5.74) is 0.506. The van der Waals surface area contributed by atoms with Gasteiger partial charge in [0.25, 0.3) is 5.91 Å². The van der Waals surface area contributed by atoms with E-state index in [1.54, 1.807) is 23.1 Å². The van der Waals surface area contributed by atoms with Crippen LogP contribution in [0.4, 0.5) is 0 Å². The van der Waals surface area contributed by atoms with Gasteiger partial charge < -0.3 is 14.7 Å². The maximum Gasteiger partial charge on any atom is 0.305 e. The third-order valence-electron chi connectivity index (χ3n) is 3.47. The van der Waals surface area contributed by atoms with E-state index in [9.17, 15) is 9.59 Å². The van der Waals surface area contributed by atoms with E-state index in [2.05, 4.69) is 0 Å². The maximum absolute atomic E-state index is 12.6. The highest BCUT2D eigenvalue weighted by atomic mass is 16.5. The van der Waals surface area contributed by atoms with Crippen LogP contribution in [0.2, 0.25) is 0 Å². The van der Waals surface area contributed by atoms with Crippen molar-refractivity contribution in [3.05, 3.63) is 29.8 Å². The lowest BCUT2D eigenvalue weighted by molar-refractivity contribution is -0.137. The fraction of sp³-hybridized carbons (Fsp3) is 0.467. The molecule has 0 bridgehead atoms. The molecule has 1 fully saturated rings. The van der Waals surface area contributed by atoms with Crippen molar-refractivity contribution in [2.24, 2.45) is 0 Å². The first-order chi connectivity index (χ1) is 9.63. The number of benzene rings is 1. The van der Waals surface area contributed by atoms with Gasteiger partial charge in [0.1, 0.15) is 5.75 Å². The average Bonchev–Trinajstić information content (AvgIpc) is 2.86. The monoisotopic (exact) mass is 277 g/mol. The van der Waals surface area contributed by atoms with Gasteiger partial charge in [-0.15, -0.1) is 0 Å². The Bertz CT molecular complexity index is 500. The van der Waals surface area contributed by atoms with E-state index >= 15 is 0 Å². The second-order valence-corrected chi connectivity index (χ2v) is 4.82. The molecule has 5 nitrogen and oxygen atoms in total. The fourth-order valence-electron chi connectivity index (χ4n) is 2.60. The highest BCUT2D eigenvalue weighted by molar-refractivity contribution is 5.97. The zero-order chi connectivity index (χ0) is 14.5. The third kappa shape index (κ3) is 3.10. The molecule has 1 aromatic rings. The van der Waals surface area contributed by atoms with Crippen molar-refractivity contribution >= 4 is 11.9 Å². The van der Waals surface area contributed by atoms with Crippen LogP contribution < -0.4 is 4.74 Å². The molecule has 0 spiro atoms. The van der Waals surface area contributed by atoms with Crippen LogP contribution in [0.15, 0.2) is 24.3 Å². The number of carbonyl (C=O) groups is 2. The number of ether oxygens (including phenoxy) is 1. The Kier molecular flexibility index (Phi) is 4.61. The topological polar surface area (TPSA) is 66.8 Å². The molecule has 1 aromatic carbocycles. The predicted octanol–water partition coefficient (Wildman–Crippen LogP) is 2.16. The number of amides is 1. The number of rotatable bonds is 5. The number of para-hydroxylation sites is 1. The Morgan fingerprint density at radius 1 is 1.40 bits per heavy atom. The van der Waals surface area contributed by atoms with Crippen molar-refractivity contribution in [3.63, 3.8) is 0 Å². The summed E-state index contributed by atoms with van der Waals surface area (Å²) in [4.78, 5) is 25.1. The van der Waals surface area contributed by atoms with Crippen LogP contribution in [0, 0.1) is 0 Å². The molecule has 1 heterocycles.